The zero-order valence-electron chi connectivity index (χ0n) is 15.3. The van der Waals surface area contributed by atoms with E-state index in [2.05, 4.69) is 21.6 Å². The lowest BCUT2D eigenvalue weighted by Crippen LogP contribution is -2.26. The second-order valence-electron chi connectivity index (χ2n) is 7.48. The molecule has 0 radical (unpaired) electrons. The summed E-state index contributed by atoms with van der Waals surface area (Å²) in [5, 5.41) is 10.3. The first-order valence-corrected chi connectivity index (χ1v) is 9.23. The summed E-state index contributed by atoms with van der Waals surface area (Å²) in [4.78, 5) is 12.9. The van der Waals surface area contributed by atoms with Gasteiger partial charge in [-0.05, 0) is 44.9 Å². The highest BCUT2D eigenvalue weighted by molar-refractivity contribution is 5.96. The number of aromatic nitrogens is 2. The summed E-state index contributed by atoms with van der Waals surface area (Å²) in [7, 11) is 0. The minimum Gasteiger partial charge on any atom is -0.493 e. The van der Waals surface area contributed by atoms with Crippen LogP contribution in [-0.4, -0.2) is 22.7 Å². The Bertz CT molecular complexity index is 1030. The largest absolute Gasteiger partial charge is 0.493 e. The van der Waals surface area contributed by atoms with E-state index in [1.807, 2.05) is 44.2 Å². The number of H-pyrrole nitrogens is 1. The van der Waals surface area contributed by atoms with Gasteiger partial charge in [-0.3, -0.25) is 9.89 Å². The number of amides is 1. The molecule has 0 saturated heterocycles. The van der Waals surface area contributed by atoms with Crippen LogP contribution in [0.2, 0.25) is 0 Å². The van der Waals surface area contributed by atoms with E-state index in [1.54, 1.807) is 0 Å². The molecule has 138 valence electrons. The van der Waals surface area contributed by atoms with Crippen molar-refractivity contribution in [3.8, 4) is 17.2 Å². The maximum Gasteiger partial charge on any atom is 0.229 e. The van der Waals surface area contributed by atoms with Gasteiger partial charge < -0.3 is 14.5 Å². The van der Waals surface area contributed by atoms with Gasteiger partial charge >= 0.3 is 0 Å². The average Bonchev–Trinajstić information content (AvgIpc) is 3.03. The van der Waals surface area contributed by atoms with Crippen LogP contribution in [0.1, 0.15) is 29.7 Å². The van der Waals surface area contributed by atoms with E-state index in [4.69, 9.17) is 9.15 Å². The van der Waals surface area contributed by atoms with Crippen LogP contribution < -0.4 is 10.1 Å². The molecule has 2 atom stereocenters. The van der Waals surface area contributed by atoms with E-state index in [1.165, 1.54) is 0 Å². The number of furan rings is 1. The molecular weight excluding hydrogens is 342 g/mol. The predicted octanol–water partition coefficient (Wildman–Crippen LogP) is 3.97. The highest BCUT2D eigenvalue weighted by Crippen LogP contribution is 2.60. The fraction of sp³-hybridized carbons (Fsp3) is 0.333. The number of aromatic amines is 1. The van der Waals surface area contributed by atoms with Gasteiger partial charge in [-0.1, -0.05) is 18.2 Å². The summed E-state index contributed by atoms with van der Waals surface area (Å²) in [6.07, 6.45) is 1.73. The van der Waals surface area contributed by atoms with E-state index in [9.17, 15) is 4.79 Å². The van der Waals surface area contributed by atoms with E-state index in [-0.39, 0.29) is 17.2 Å². The minimum absolute atomic E-state index is 0.0171. The molecule has 6 nitrogen and oxygen atoms in total. The molecule has 0 unspecified atom stereocenters. The molecule has 5 rings (SSSR count). The number of hydrogen-bond acceptors (Lipinski definition) is 4. The first-order valence-electron chi connectivity index (χ1n) is 9.23. The quantitative estimate of drug-likeness (QED) is 0.738. The van der Waals surface area contributed by atoms with E-state index in [0.29, 0.717) is 12.4 Å². The molecule has 1 amide bonds. The molecule has 0 bridgehead atoms. The highest BCUT2D eigenvalue weighted by atomic mass is 16.5. The number of fused-ring (bicyclic) bond motifs is 2. The van der Waals surface area contributed by atoms with E-state index >= 15 is 0 Å². The molecular formula is C21H21N3O3. The standard InChI is InChI=1S/C21H21N3O3/c1-12-7-8-17(27-12)18-13(2)19(24-23-18)22-20(25)15-11-21(15)9-10-26-16-6-4-3-5-14(16)21/h3-8,15H,9-11H2,1-2H3,(H2,22,23,24,25)/t15-,21-/m0/s1. The molecule has 2 aliphatic rings. The fourth-order valence-corrected chi connectivity index (χ4v) is 4.24. The molecule has 6 heteroatoms. The predicted molar refractivity (Wildman–Crippen MR) is 101 cm³/mol. The van der Waals surface area contributed by atoms with Crippen LogP contribution in [0.5, 0.6) is 5.75 Å². The van der Waals surface area contributed by atoms with Crippen molar-refractivity contribution in [3.63, 3.8) is 0 Å². The van der Waals surface area contributed by atoms with Gasteiger partial charge in [-0.25, -0.2) is 0 Å². The molecule has 3 heterocycles. The number of hydrogen-bond donors (Lipinski definition) is 2. The van der Waals surface area contributed by atoms with Crippen molar-refractivity contribution in [2.75, 3.05) is 11.9 Å². The number of para-hydroxylation sites is 1. The lowest BCUT2D eigenvalue weighted by molar-refractivity contribution is -0.117. The van der Waals surface area contributed by atoms with Gasteiger partial charge in [0.2, 0.25) is 5.91 Å². The second-order valence-corrected chi connectivity index (χ2v) is 7.48. The maximum atomic E-state index is 12.9. The Balaban J connectivity index is 1.37. The summed E-state index contributed by atoms with van der Waals surface area (Å²) >= 11 is 0. The van der Waals surface area contributed by atoms with E-state index < -0.39 is 0 Å². The van der Waals surface area contributed by atoms with Crippen molar-refractivity contribution in [1.29, 1.82) is 0 Å². The molecule has 1 aliphatic heterocycles. The van der Waals surface area contributed by atoms with Crippen molar-refractivity contribution in [1.82, 2.24) is 10.2 Å². The zero-order chi connectivity index (χ0) is 18.6. The summed E-state index contributed by atoms with van der Waals surface area (Å²) in [5.41, 5.74) is 2.73. The number of ether oxygens (including phenoxy) is 1. The van der Waals surface area contributed by atoms with Crippen molar-refractivity contribution < 1.29 is 13.9 Å². The van der Waals surface area contributed by atoms with Crippen LogP contribution in [0.25, 0.3) is 11.5 Å². The van der Waals surface area contributed by atoms with E-state index in [0.717, 1.165) is 46.9 Å². The molecule has 1 fully saturated rings. The number of carbonyl (C=O) groups excluding carboxylic acids is 1. The number of aryl methyl sites for hydroxylation is 1. The van der Waals surface area contributed by atoms with Crippen molar-refractivity contribution in [2.24, 2.45) is 5.92 Å². The van der Waals surface area contributed by atoms with Crippen LogP contribution in [0.15, 0.2) is 40.8 Å². The fourth-order valence-electron chi connectivity index (χ4n) is 4.24. The van der Waals surface area contributed by atoms with Gasteiger partial charge in [0, 0.05) is 22.5 Å². The van der Waals surface area contributed by atoms with Gasteiger partial charge in [0.25, 0.3) is 0 Å². The van der Waals surface area contributed by atoms with Crippen LogP contribution >= 0.6 is 0 Å². The third-order valence-corrected chi connectivity index (χ3v) is 5.86. The van der Waals surface area contributed by atoms with Crippen molar-refractivity contribution >= 4 is 11.7 Å². The summed E-state index contributed by atoms with van der Waals surface area (Å²) < 4.78 is 11.4. The molecule has 1 aliphatic carbocycles. The molecule has 2 aromatic heterocycles. The second kappa shape index (κ2) is 5.74. The smallest absolute Gasteiger partial charge is 0.229 e. The number of anilines is 1. The number of benzene rings is 1. The SMILES string of the molecule is Cc1ccc(-c2[nH]nc(NC(=O)[C@@H]3C[C@]34CCOc3ccccc34)c2C)o1. The van der Waals surface area contributed by atoms with Crippen molar-refractivity contribution in [3.05, 3.63) is 53.3 Å². The zero-order valence-corrected chi connectivity index (χ0v) is 15.3. The van der Waals surface area contributed by atoms with Crippen LogP contribution in [0.3, 0.4) is 0 Å². The van der Waals surface area contributed by atoms with Gasteiger partial charge in [0.05, 0.1) is 6.61 Å². The van der Waals surface area contributed by atoms with Gasteiger partial charge in [-0.2, -0.15) is 5.10 Å². The Morgan fingerprint density at radius 1 is 1.26 bits per heavy atom. The highest BCUT2D eigenvalue weighted by Gasteiger charge is 2.61. The number of carbonyl (C=O) groups is 1. The summed E-state index contributed by atoms with van der Waals surface area (Å²) in [6, 6.07) is 11.9. The average molecular weight is 363 g/mol. The van der Waals surface area contributed by atoms with Gasteiger partial charge in [-0.15, -0.1) is 0 Å². The molecule has 1 saturated carbocycles. The topological polar surface area (TPSA) is 80.2 Å². The first-order chi connectivity index (χ1) is 13.1. The summed E-state index contributed by atoms with van der Waals surface area (Å²) in [6.45, 7) is 4.49. The lowest BCUT2D eigenvalue weighted by Gasteiger charge is -2.26. The molecule has 1 spiro atoms. The molecule has 3 aromatic rings. The van der Waals surface area contributed by atoms with Crippen molar-refractivity contribution in [2.45, 2.75) is 32.1 Å². The normalized spacial score (nSPS) is 23.0. The third-order valence-electron chi connectivity index (χ3n) is 5.86. The number of nitrogens with zero attached hydrogens (tertiary/aromatic N) is 1. The minimum atomic E-state index is -0.0932. The maximum absolute atomic E-state index is 12.9. The Labute approximate surface area is 156 Å². The number of rotatable bonds is 3. The Kier molecular flexibility index (Phi) is 3.44. The van der Waals surface area contributed by atoms with Crippen LogP contribution in [-0.2, 0) is 10.2 Å². The van der Waals surface area contributed by atoms with Crippen LogP contribution in [0.4, 0.5) is 5.82 Å². The molecule has 2 N–H and O–H groups in total. The lowest BCUT2D eigenvalue weighted by atomic mass is 9.87. The number of nitrogens with one attached hydrogen (secondary N) is 2. The van der Waals surface area contributed by atoms with Gasteiger partial charge in [0.1, 0.15) is 17.2 Å². The van der Waals surface area contributed by atoms with Gasteiger partial charge in [0.15, 0.2) is 11.6 Å². The Hall–Kier alpha value is -3.02. The first kappa shape index (κ1) is 16.2. The third kappa shape index (κ3) is 2.47. The Morgan fingerprint density at radius 3 is 2.93 bits per heavy atom. The molecule has 27 heavy (non-hydrogen) atoms. The van der Waals surface area contributed by atoms with Crippen LogP contribution in [0, 0.1) is 19.8 Å². The summed E-state index contributed by atoms with van der Waals surface area (Å²) in [5.74, 6) is 3.00. The monoisotopic (exact) mass is 363 g/mol. The molecule has 1 aromatic carbocycles. The Morgan fingerprint density at radius 2 is 2.11 bits per heavy atom.